The van der Waals surface area contributed by atoms with Crippen LogP contribution in [0.2, 0.25) is 0 Å². The average molecular weight is 277 g/mol. The standard InChI is InChI=1S/C13H15N3O2S/c1-3-12(18)15-13-10(6-14)9-4-5-16(8(2)17)7-11(9)19-13/h3-5,7H2,1-2H3,(H,15,18). The minimum absolute atomic E-state index is 0.0386. The topological polar surface area (TPSA) is 73.2 Å². The number of anilines is 1. The highest BCUT2D eigenvalue weighted by molar-refractivity contribution is 7.16. The largest absolute Gasteiger partial charge is 0.337 e. The van der Waals surface area contributed by atoms with Crippen LogP contribution >= 0.6 is 11.3 Å². The summed E-state index contributed by atoms with van der Waals surface area (Å²) in [4.78, 5) is 25.6. The van der Waals surface area contributed by atoms with E-state index < -0.39 is 0 Å². The number of carbonyl (C=O) groups excluding carboxylic acids is 2. The smallest absolute Gasteiger partial charge is 0.224 e. The molecule has 6 heteroatoms. The third-order valence-corrected chi connectivity index (χ3v) is 4.32. The first-order chi connectivity index (χ1) is 9.06. The Bertz CT molecular complexity index is 571. The summed E-state index contributed by atoms with van der Waals surface area (Å²) in [6, 6.07) is 2.17. The monoisotopic (exact) mass is 277 g/mol. The molecule has 0 aliphatic carbocycles. The van der Waals surface area contributed by atoms with Crippen molar-refractivity contribution in [3.05, 3.63) is 16.0 Å². The lowest BCUT2D eigenvalue weighted by Crippen LogP contribution is -2.33. The molecule has 0 unspecified atom stereocenters. The van der Waals surface area contributed by atoms with Crippen LogP contribution in [0.25, 0.3) is 0 Å². The van der Waals surface area contributed by atoms with E-state index in [4.69, 9.17) is 0 Å². The maximum Gasteiger partial charge on any atom is 0.224 e. The third-order valence-electron chi connectivity index (χ3n) is 3.19. The summed E-state index contributed by atoms with van der Waals surface area (Å²) in [5.41, 5.74) is 1.54. The van der Waals surface area contributed by atoms with E-state index in [1.165, 1.54) is 11.3 Å². The van der Waals surface area contributed by atoms with Crippen molar-refractivity contribution in [2.75, 3.05) is 11.9 Å². The number of rotatable bonds is 2. The van der Waals surface area contributed by atoms with Gasteiger partial charge in [0.2, 0.25) is 11.8 Å². The minimum atomic E-state index is -0.0986. The van der Waals surface area contributed by atoms with Crippen LogP contribution in [0.1, 0.15) is 36.3 Å². The molecule has 1 aromatic heterocycles. The molecule has 0 saturated heterocycles. The van der Waals surface area contributed by atoms with E-state index in [0.29, 0.717) is 36.5 Å². The van der Waals surface area contributed by atoms with Gasteiger partial charge in [-0.2, -0.15) is 5.26 Å². The Morgan fingerprint density at radius 3 is 2.84 bits per heavy atom. The second-order valence-electron chi connectivity index (χ2n) is 4.41. The van der Waals surface area contributed by atoms with Gasteiger partial charge in [0.25, 0.3) is 0 Å². The quantitative estimate of drug-likeness (QED) is 0.897. The number of carbonyl (C=O) groups is 2. The number of thiophene rings is 1. The lowest BCUT2D eigenvalue weighted by Gasteiger charge is -2.25. The van der Waals surface area contributed by atoms with Gasteiger partial charge in [-0.3, -0.25) is 9.59 Å². The van der Waals surface area contributed by atoms with Gasteiger partial charge >= 0.3 is 0 Å². The normalized spacial score (nSPS) is 13.6. The van der Waals surface area contributed by atoms with E-state index in [-0.39, 0.29) is 11.8 Å². The zero-order valence-corrected chi connectivity index (χ0v) is 11.8. The summed E-state index contributed by atoms with van der Waals surface area (Å²) in [7, 11) is 0. The van der Waals surface area contributed by atoms with Crippen LogP contribution in [0.15, 0.2) is 0 Å². The fraction of sp³-hybridized carbons (Fsp3) is 0.462. The molecule has 0 aromatic carbocycles. The van der Waals surface area contributed by atoms with Gasteiger partial charge in [0.15, 0.2) is 0 Å². The predicted octanol–water partition coefficient (Wildman–Crippen LogP) is 1.87. The zero-order chi connectivity index (χ0) is 14.0. The molecule has 1 aromatic rings. The molecule has 2 heterocycles. The van der Waals surface area contributed by atoms with Gasteiger partial charge < -0.3 is 10.2 Å². The van der Waals surface area contributed by atoms with Crippen molar-refractivity contribution in [1.29, 1.82) is 5.26 Å². The van der Waals surface area contributed by atoms with Crippen LogP contribution in [-0.4, -0.2) is 23.3 Å². The van der Waals surface area contributed by atoms with Crippen molar-refractivity contribution in [3.8, 4) is 6.07 Å². The first kappa shape index (κ1) is 13.6. The summed E-state index contributed by atoms with van der Waals surface area (Å²) in [6.45, 7) is 4.48. The molecular formula is C13H15N3O2S. The fourth-order valence-corrected chi connectivity index (χ4v) is 3.32. The average Bonchev–Trinajstić information content (AvgIpc) is 2.74. The van der Waals surface area contributed by atoms with Crippen molar-refractivity contribution in [2.45, 2.75) is 33.2 Å². The van der Waals surface area contributed by atoms with Crippen LogP contribution in [0.4, 0.5) is 5.00 Å². The highest BCUT2D eigenvalue weighted by Crippen LogP contribution is 2.36. The van der Waals surface area contributed by atoms with Gasteiger partial charge in [0.1, 0.15) is 11.1 Å². The first-order valence-electron chi connectivity index (χ1n) is 6.16. The van der Waals surface area contributed by atoms with Gasteiger partial charge in [-0.15, -0.1) is 11.3 Å². The summed E-state index contributed by atoms with van der Waals surface area (Å²) in [5, 5.41) is 12.6. The van der Waals surface area contributed by atoms with E-state index in [2.05, 4.69) is 11.4 Å². The van der Waals surface area contributed by atoms with Crippen molar-refractivity contribution >= 4 is 28.2 Å². The molecule has 0 atom stereocenters. The lowest BCUT2D eigenvalue weighted by atomic mass is 10.0. The SMILES string of the molecule is CCC(=O)Nc1sc2c(c1C#N)CCN(C(C)=O)C2. The molecule has 2 amide bonds. The highest BCUT2D eigenvalue weighted by Gasteiger charge is 2.25. The van der Waals surface area contributed by atoms with Crippen molar-refractivity contribution in [3.63, 3.8) is 0 Å². The Morgan fingerprint density at radius 2 is 2.26 bits per heavy atom. The molecule has 0 spiro atoms. The Labute approximate surface area is 115 Å². The van der Waals surface area contributed by atoms with Crippen LogP contribution < -0.4 is 5.32 Å². The molecule has 5 nitrogen and oxygen atoms in total. The number of amides is 2. The van der Waals surface area contributed by atoms with Crippen LogP contribution in [0.5, 0.6) is 0 Å². The number of fused-ring (bicyclic) bond motifs is 1. The molecule has 2 rings (SSSR count). The van der Waals surface area contributed by atoms with E-state index in [9.17, 15) is 14.9 Å². The van der Waals surface area contributed by atoms with Crippen LogP contribution in [0, 0.1) is 11.3 Å². The molecule has 0 saturated carbocycles. The second-order valence-corrected chi connectivity index (χ2v) is 5.52. The summed E-state index contributed by atoms with van der Waals surface area (Å²) in [6.07, 6.45) is 1.06. The predicted molar refractivity (Wildman–Crippen MR) is 72.7 cm³/mol. The Hall–Kier alpha value is -1.87. The number of nitrogens with zero attached hydrogens (tertiary/aromatic N) is 2. The van der Waals surface area contributed by atoms with Crippen molar-refractivity contribution in [1.82, 2.24) is 4.90 Å². The van der Waals surface area contributed by atoms with E-state index in [0.717, 1.165) is 10.4 Å². The van der Waals surface area contributed by atoms with E-state index >= 15 is 0 Å². The van der Waals surface area contributed by atoms with Gasteiger partial charge in [-0.05, 0) is 12.0 Å². The molecule has 0 fully saturated rings. The second kappa shape index (κ2) is 5.41. The summed E-state index contributed by atoms with van der Waals surface area (Å²) < 4.78 is 0. The third kappa shape index (κ3) is 2.61. The molecule has 19 heavy (non-hydrogen) atoms. The molecule has 1 aliphatic heterocycles. The summed E-state index contributed by atoms with van der Waals surface area (Å²) >= 11 is 1.40. The van der Waals surface area contributed by atoms with Gasteiger partial charge in [0, 0.05) is 24.8 Å². The van der Waals surface area contributed by atoms with E-state index in [1.54, 1.807) is 18.7 Å². The van der Waals surface area contributed by atoms with Crippen molar-refractivity contribution < 1.29 is 9.59 Å². The van der Waals surface area contributed by atoms with E-state index in [1.807, 2.05) is 0 Å². The molecular weight excluding hydrogens is 262 g/mol. The maximum absolute atomic E-state index is 11.5. The number of hydrogen-bond acceptors (Lipinski definition) is 4. The molecule has 1 N–H and O–H groups in total. The number of hydrogen-bond donors (Lipinski definition) is 1. The number of nitrogens with one attached hydrogen (secondary N) is 1. The van der Waals surface area contributed by atoms with Gasteiger partial charge in [-0.25, -0.2) is 0 Å². The highest BCUT2D eigenvalue weighted by atomic mass is 32.1. The summed E-state index contributed by atoms with van der Waals surface area (Å²) in [5.74, 6) is -0.0600. The molecule has 100 valence electrons. The minimum Gasteiger partial charge on any atom is -0.337 e. The van der Waals surface area contributed by atoms with Gasteiger partial charge in [-0.1, -0.05) is 6.92 Å². The number of nitriles is 1. The molecule has 0 bridgehead atoms. The molecule has 0 radical (unpaired) electrons. The molecule has 1 aliphatic rings. The van der Waals surface area contributed by atoms with Crippen LogP contribution in [-0.2, 0) is 22.6 Å². The Balaban J connectivity index is 2.32. The Morgan fingerprint density at radius 1 is 1.53 bits per heavy atom. The van der Waals surface area contributed by atoms with Crippen molar-refractivity contribution in [2.24, 2.45) is 0 Å². The van der Waals surface area contributed by atoms with Gasteiger partial charge in [0.05, 0.1) is 12.1 Å². The Kier molecular flexibility index (Phi) is 3.86. The lowest BCUT2D eigenvalue weighted by molar-refractivity contribution is -0.129. The maximum atomic E-state index is 11.5. The fourth-order valence-electron chi connectivity index (χ4n) is 2.09. The zero-order valence-electron chi connectivity index (χ0n) is 10.9. The first-order valence-corrected chi connectivity index (χ1v) is 6.98. The van der Waals surface area contributed by atoms with Crippen LogP contribution in [0.3, 0.4) is 0 Å².